The van der Waals surface area contributed by atoms with Crippen molar-refractivity contribution in [2.45, 2.75) is 13.3 Å². The topological polar surface area (TPSA) is 95.5 Å². The molecule has 0 fully saturated rings. The third kappa shape index (κ3) is 8.22. The van der Waals surface area contributed by atoms with Crippen molar-refractivity contribution in [1.29, 1.82) is 0 Å². The number of ether oxygens (including phenoxy) is 4. The van der Waals surface area contributed by atoms with Gasteiger partial charge in [0, 0.05) is 10.0 Å². The standard InChI is InChI=1S/C28H27BrN2O6/c1-4-6-19-7-13-25(26(15-19)34-3)36-18-27(32)31-30-17-21-16-22(29)10-14-24(21)37-28(33)20-8-11-23(12-9-20)35-5-2/h4,7-17H,1,5-6,18H2,2-3H3,(H,31,32)/b30-17-. The molecule has 3 rings (SSSR count). The van der Waals surface area contributed by atoms with E-state index in [9.17, 15) is 9.59 Å². The number of hydrogen-bond acceptors (Lipinski definition) is 7. The lowest BCUT2D eigenvalue weighted by atomic mass is 10.1. The minimum Gasteiger partial charge on any atom is -0.494 e. The van der Waals surface area contributed by atoms with Crippen LogP contribution in [0.3, 0.4) is 0 Å². The van der Waals surface area contributed by atoms with E-state index in [0.717, 1.165) is 10.0 Å². The first-order chi connectivity index (χ1) is 17.9. The van der Waals surface area contributed by atoms with Gasteiger partial charge in [0.1, 0.15) is 11.5 Å². The van der Waals surface area contributed by atoms with Gasteiger partial charge in [-0.1, -0.05) is 28.1 Å². The summed E-state index contributed by atoms with van der Waals surface area (Å²) in [5, 5.41) is 3.97. The quantitative estimate of drug-likeness (QED) is 0.105. The van der Waals surface area contributed by atoms with Crippen molar-refractivity contribution < 1.29 is 28.5 Å². The Morgan fingerprint density at radius 1 is 1.00 bits per heavy atom. The van der Waals surface area contributed by atoms with Crippen molar-refractivity contribution in [3.63, 3.8) is 0 Å². The van der Waals surface area contributed by atoms with E-state index in [1.54, 1.807) is 54.6 Å². The second kappa shape index (κ2) is 13.8. The maximum atomic E-state index is 12.6. The molecule has 37 heavy (non-hydrogen) atoms. The highest BCUT2D eigenvalue weighted by Crippen LogP contribution is 2.28. The van der Waals surface area contributed by atoms with Crippen LogP contribution in [0, 0.1) is 0 Å². The average Bonchev–Trinajstić information content (AvgIpc) is 2.90. The number of allylic oxidation sites excluding steroid dienone is 1. The molecule has 0 radical (unpaired) electrons. The van der Waals surface area contributed by atoms with E-state index in [2.05, 4.69) is 33.0 Å². The Kier molecular flexibility index (Phi) is 10.3. The molecule has 0 saturated heterocycles. The van der Waals surface area contributed by atoms with Crippen LogP contribution in [-0.4, -0.2) is 38.4 Å². The van der Waals surface area contributed by atoms with Gasteiger partial charge in [-0.25, -0.2) is 10.2 Å². The zero-order valence-corrected chi connectivity index (χ0v) is 22.1. The Morgan fingerprint density at radius 2 is 1.76 bits per heavy atom. The molecule has 0 saturated carbocycles. The first kappa shape index (κ1) is 27.5. The van der Waals surface area contributed by atoms with Crippen molar-refractivity contribution in [2.24, 2.45) is 5.10 Å². The van der Waals surface area contributed by atoms with Gasteiger partial charge < -0.3 is 18.9 Å². The van der Waals surface area contributed by atoms with Crippen molar-refractivity contribution in [3.8, 4) is 23.0 Å². The van der Waals surface area contributed by atoms with Crippen LogP contribution >= 0.6 is 15.9 Å². The summed E-state index contributed by atoms with van der Waals surface area (Å²) in [7, 11) is 1.53. The Bertz CT molecular complexity index is 1270. The minimum atomic E-state index is -0.537. The fourth-order valence-corrected chi connectivity index (χ4v) is 3.58. The highest BCUT2D eigenvalue weighted by molar-refractivity contribution is 9.10. The summed E-state index contributed by atoms with van der Waals surface area (Å²) in [6, 6.07) is 17.2. The number of esters is 1. The van der Waals surface area contributed by atoms with Crippen molar-refractivity contribution in [1.82, 2.24) is 5.43 Å². The molecule has 192 valence electrons. The Hall–Kier alpha value is -4.11. The SMILES string of the molecule is C=CCc1ccc(OCC(=O)N/N=C\c2cc(Br)ccc2OC(=O)c2ccc(OCC)cc2)c(OC)c1. The predicted octanol–water partition coefficient (Wildman–Crippen LogP) is 5.33. The van der Waals surface area contributed by atoms with Crippen molar-refractivity contribution in [3.05, 3.63) is 94.5 Å². The number of carbonyl (C=O) groups excluding carboxylic acids is 2. The molecule has 0 aliphatic carbocycles. The Morgan fingerprint density at radius 3 is 2.46 bits per heavy atom. The van der Waals surface area contributed by atoms with Crippen LogP contribution in [0.1, 0.15) is 28.4 Å². The number of benzene rings is 3. The molecule has 1 amide bonds. The second-order valence-electron chi connectivity index (χ2n) is 7.59. The second-order valence-corrected chi connectivity index (χ2v) is 8.50. The maximum Gasteiger partial charge on any atom is 0.343 e. The first-order valence-corrected chi connectivity index (χ1v) is 12.2. The van der Waals surface area contributed by atoms with Crippen molar-refractivity contribution >= 4 is 34.0 Å². The molecule has 3 aromatic carbocycles. The van der Waals surface area contributed by atoms with E-state index in [1.807, 2.05) is 19.1 Å². The number of methoxy groups -OCH3 is 1. The molecular formula is C28H27BrN2O6. The molecule has 1 N–H and O–H groups in total. The fraction of sp³-hybridized carbons (Fsp3) is 0.179. The number of carbonyl (C=O) groups is 2. The van der Waals surface area contributed by atoms with Crippen LogP contribution in [0.15, 0.2) is 82.9 Å². The number of nitrogens with one attached hydrogen (secondary N) is 1. The van der Waals surface area contributed by atoms with E-state index in [-0.39, 0.29) is 12.4 Å². The third-order valence-corrected chi connectivity index (χ3v) is 5.43. The molecule has 0 aliphatic rings. The minimum absolute atomic E-state index is 0.271. The van der Waals surface area contributed by atoms with E-state index < -0.39 is 11.9 Å². The lowest BCUT2D eigenvalue weighted by Crippen LogP contribution is -2.24. The van der Waals surface area contributed by atoms with Crippen molar-refractivity contribution in [2.75, 3.05) is 20.3 Å². The number of rotatable bonds is 12. The number of halogens is 1. The molecule has 9 heteroatoms. The van der Waals surface area contributed by atoms with Gasteiger partial charge in [0.15, 0.2) is 18.1 Å². The summed E-state index contributed by atoms with van der Waals surface area (Å²) in [5.41, 5.74) is 4.27. The number of hydrogen-bond donors (Lipinski definition) is 1. The van der Waals surface area contributed by atoms with E-state index in [0.29, 0.717) is 41.4 Å². The molecule has 8 nitrogen and oxygen atoms in total. The molecule has 0 aromatic heterocycles. The van der Waals surface area contributed by atoms with Crippen LogP contribution < -0.4 is 24.4 Å². The molecule has 0 heterocycles. The summed E-state index contributed by atoms with van der Waals surface area (Å²) < 4.78 is 22.6. The van der Waals surface area contributed by atoms with Crippen LogP contribution in [0.25, 0.3) is 0 Å². The highest BCUT2D eigenvalue weighted by atomic mass is 79.9. The van der Waals surface area contributed by atoms with Gasteiger partial charge in [0.2, 0.25) is 0 Å². The fourth-order valence-electron chi connectivity index (χ4n) is 3.20. The number of nitrogens with zero attached hydrogens (tertiary/aromatic N) is 1. The van der Waals surface area contributed by atoms with Gasteiger partial charge in [-0.05, 0) is 73.5 Å². The summed E-state index contributed by atoms with van der Waals surface area (Å²) >= 11 is 3.39. The smallest absolute Gasteiger partial charge is 0.343 e. The van der Waals surface area contributed by atoms with Gasteiger partial charge >= 0.3 is 5.97 Å². The molecule has 3 aromatic rings. The first-order valence-electron chi connectivity index (χ1n) is 11.4. The maximum absolute atomic E-state index is 12.6. The molecule has 0 bridgehead atoms. The Labute approximate surface area is 224 Å². The van der Waals surface area contributed by atoms with E-state index in [1.165, 1.54) is 13.3 Å². The summed E-state index contributed by atoms with van der Waals surface area (Å²) in [6.07, 6.45) is 3.87. The van der Waals surface area contributed by atoms with Crippen LogP contribution in [0.4, 0.5) is 0 Å². The average molecular weight is 567 g/mol. The van der Waals surface area contributed by atoms with E-state index in [4.69, 9.17) is 18.9 Å². The normalized spacial score (nSPS) is 10.6. The molecule has 0 atom stereocenters. The lowest BCUT2D eigenvalue weighted by molar-refractivity contribution is -0.123. The molecule has 0 spiro atoms. The third-order valence-electron chi connectivity index (χ3n) is 4.94. The molecular weight excluding hydrogens is 540 g/mol. The number of amides is 1. The van der Waals surface area contributed by atoms with Crippen LogP contribution in [0.2, 0.25) is 0 Å². The largest absolute Gasteiger partial charge is 0.494 e. The molecule has 0 aliphatic heterocycles. The number of hydrazone groups is 1. The van der Waals surface area contributed by atoms with Gasteiger partial charge in [-0.2, -0.15) is 5.10 Å². The van der Waals surface area contributed by atoms with Crippen LogP contribution in [-0.2, 0) is 11.2 Å². The Balaban J connectivity index is 1.60. The van der Waals surface area contributed by atoms with Gasteiger partial charge in [0.05, 0.1) is 25.5 Å². The highest BCUT2D eigenvalue weighted by Gasteiger charge is 2.13. The van der Waals surface area contributed by atoms with E-state index >= 15 is 0 Å². The summed E-state index contributed by atoms with van der Waals surface area (Å²) in [4.78, 5) is 24.9. The predicted molar refractivity (Wildman–Crippen MR) is 145 cm³/mol. The lowest BCUT2D eigenvalue weighted by Gasteiger charge is -2.11. The van der Waals surface area contributed by atoms with Gasteiger partial charge in [-0.3, -0.25) is 4.79 Å². The van der Waals surface area contributed by atoms with Gasteiger partial charge in [-0.15, -0.1) is 6.58 Å². The monoisotopic (exact) mass is 566 g/mol. The zero-order chi connectivity index (χ0) is 26.6. The summed E-state index contributed by atoms with van der Waals surface area (Å²) in [5.74, 6) is 0.884. The van der Waals surface area contributed by atoms with Crippen LogP contribution in [0.5, 0.6) is 23.0 Å². The zero-order valence-electron chi connectivity index (χ0n) is 20.5. The van der Waals surface area contributed by atoms with Gasteiger partial charge in [0.25, 0.3) is 5.91 Å². The molecule has 0 unspecified atom stereocenters. The summed E-state index contributed by atoms with van der Waals surface area (Å²) in [6.45, 7) is 5.87.